The molecule has 1 aliphatic heterocycles. The molecular formula is C27H25FN2O4S. The molecule has 0 aromatic heterocycles. The normalized spacial score (nSPS) is 15.1. The quantitative estimate of drug-likeness (QED) is 0.506. The van der Waals surface area contributed by atoms with E-state index in [4.69, 9.17) is 0 Å². The number of nitrogens with one attached hydrogen (secondary N) is 1. The van der Waals surface area contributed by atoms with Gasteiger partial charge in [-0.05, 0) is 53.8 Å². The molecule has 2 amide bonds. The van der Waals surface area contributed by atoms with Gasteiger partial charge in [-0.1, -0.05) is 62.4 Å². The maximum atomic E-state index is 13.8. The van der Waals surface area contributed by atoms with Crippen molar-refractivity contribution in [3.63, 3.8) is 0 Å². The number of para-hydroxylation sites is 1. The molecule has 1 heterocycles. The number of rotatable bonds is 6. The van der Waals surface area contributed by atoms with Gasteiger partial charge in [0.2, 0.25) is 0 Å². The first-order valence-electron chi connectivity index (χ1n) is 11.1. The van der Waals surface area contributed by atoms with Crippen molar-refractivity contribution < 1.29 is 22.4 Å². The van der Waals surface area contributed by atoms with Crippen LogP contribution in [0.2, 0.25) is 0 Å². The standard InChI is InChI=1S/C27H25FN2O4S/c1-17(2)20-12-14-21(15-13-20)25-18(3)27(32)30(35(25,33)34)16-19-8-10-22(11-9-19)26(31)29-24-7-5-4-6-23(24)28/h4-15,17H,16H2,1-3H3,(H,29,31). The van der Waals surface area contributed by atoms with E-state index in [9.17, 15) is 22.4 Å². The van der Waals surface area contributed by atoms with E-state index in [2.05, 4.69) is 5.32 Å². The second kappa shape index (κ2) is 9.46. The van der Waals surface area contributed by atoms with Crippen molar-refractivity contribution in [2.24, 2.45) is 0 Å². The van der Waals surface area contributed by atoms with Gasteiger partial charge in [0.05, 0.1) is 12.2 Å². The van der Waals surface area contributed by atoms with Crippen LogP contribution >= 0.6 is 0 Å². The molecule has 3 aromatic rings. The van der Waals surface area contributed by atoms with E-state index < -0.39 is 27.7 Å². The minimum absolute atomic E-state index is 0.0127. The predicted octanol–water partition coefficient (Wildman–Crippen LogP) is 5.30. The molecule has 3 aromatic carbocycles. The van der Waals surface area contributed by atoms with Crippen LogP contribution in [0.15, 0.2) is 78.4 Å². The number of nitrogens with zero attached hydrogens (tertiary/aromatic N) is 1. The van der Waals surface area contributed by atoms with Gasteiger partial charge in [-0.3, -0.25) is 9.59 Å². The fraction of sp³-hybridized carbons (Fsp3) is 0.185. The lowest BCUT2D eigenvalue weighted by Gasteiger charge is -2.17. The van der Waals surface area contributed by atoms with Crippen LogP contribution in [0.25, 0.3) is 4.91 Å². The van der Waals surface area contributed by atoms with Crippen LogP contribution in [0.1, 0.15) is 53.7 Å². The van der Waals surface area contributed by atoms with Gasteiger partial charge in [0.25, 0.3) is 21.8 Å². The maximum Gasteiger partial charge on any atom is 0.268 e. The summed E-state index contributed by atoms with van der Waals surface area (Å²) in [5.74, 6) is -1.33. The summed E-state index contributed by atoms with van der Waals surface area (Å²) in [6.07, 6.45) is 0. The van der Waals surface area contributed by atoms with E-state index in [1.54, 1.807) is 30.3 Å². The van der Waals surface area contributed by atoms with Gasteiger partial charge in [-0.25, -0.2) is 17.1 Å². The highest BCUT2D eigenvalue weighted by atomic mass is 32.2. The zero-order chi connectivity index (χ0) is 25.3. The van der Waals surface area contributed by atoms with Crippen molar-refractivity contribution in [3.05, 3.63) is 106 Å². The number of sulfonamides is 1. The highest BCUT2D eigenvalue weighted by Crippen LogP contribution is 2.36. The molecule has 6 nitrogen and oxygen atoms in total. The van der Waals surface area contributed by atoms with Gasteiger partial charge in [0.1, 0.15) is 10.7 Å². The fourth-order valence-corrected chi connectivity index (χ4v) is 5.73. The number of benzene rings is 3. The second-order valence-corrected chi connectivity index (χ2v) is 10.5. The number of halogens is 1. The lowest BCUT2D eigenvalue weighted by Crippen LogP contribution is -2.30. The molecule has 0 fully saturated rings. The van der Waals surface area contributed by atoms with E-state index >= 15 is 0 Å². The molecule has 180 valence electrons. The largest absolute Gasteiger partial charge is 0.319 e. The summed E-state index contributed by atoms with van der Waals surface area (Å²) in [6, 6.07) is 19.2. The van der Waals surface area contributed by atoms with Gasteiger partial charge in [-0.15, -0.1) is 0 Å². The van der Waals surface area contributed by atoms with Gasteiger partial charge >= 0.3 is 0 Å². The molecule has 4 rings (SSSR count). The summed E-state index contributed by atoms with van der Waals surface area (Å²) < 4.78 is 41.2. The Morgan fingerprint density at radius 1 is 0.971 bits per heavy atom. The first-order valence-corrected chi connectivity index (χ1v) is 12.6. The van der Waals surface area contributed by atoms with Crippen LogP contribution in [0.5, 0.6) is 0 Å². The molecule has 0 saturated heterocycles. The van der Waals surface area contributed by atoms with Crippen LogP contribution < -0.4 is 5.32 Å². The Labute approximate surface area is 204 Å². The predicted molar refractivity (Wildman–Crippen MR) is 133 cm³/mol. The summed E-state index contributed by atoms with van der Waals surface area (Å²) in [4.78, 5) is 25.3. The number of amides is 2. The Kier molecular flexibility index (Phi) is 6.58. The van der Waals surface area contributed by atoms with E-state index in [1.807, 2.05) is 26.0 Å². The third-order valence-electron chi connectivity index (χ3n) is 5.94. The molecule has 0 spiro atoms. The van der Waals surface area contributed by atoms with E-state index in [1.165, 1.54) is 37.3 Å². The smallest absolute Gasteiger partial charge is 0.268 e. The molecule has 0 aliphatic carbocycles. The lowest BCUT2D eigenvalue weighted by atomic mass is 10.0. The number of hydrogen-bond acceptors (Lipinski definition) is 4. The summed E-state index contributed by atoms with van der Waals surface area (Å²) in [6.45, 7) is 5.45. The Morgan fingerprint density at radius 3 is 2.20 bits per heavy atom. The molecule has 0 saturated carbocycles. The van der Waals surface area contributed by atoms with E-state index in [-0.39, 0.29) is 28.3 Å². The van der Waals surface area contributed by atoms with E-state index in [0.717, 1.165) is 9.87 Å². The molecule has 8 heteroatoms. The topological polar surface area (TPSA) is 83.6 Å². The first-order chi connectivity index (χ1) is 16.6. The Balaban J connectivity index is 1.52. The van der Waals surface area contributed by atoms with Gasteiger partial charge in [-0.2, -0.15) is 0 Å². The molecule has 1 N–H and O–H groups in total. The number of carbonyl (C=O) groups is 2. The Hall–Kier alpha value is -3.78. The van der Waals surface area contributed by atoms with Gasteiger partial charge < -0.3 is 5.32 Å². The van der Waals surface area contributed by atoms with Crippen molar-refractivity contribution in [2.45, 2.75) is 33.2 Å². The third-order valence-corrected chi connectivity index (χ3v) is 7.87. The maximum absolute atomic E-state index is 13.8. The lowest BCUT2D eigenvalue weighted by molar-refractivity contribution is -0.122. The van der Waals surface area contributed by atoms with Crippen LogP contribution in [-0.2, 0) is 21.4 Å². The highest BCUT2D eigenvalue weighted by Gasteiger charge is 2.42. The molecule has 0 atom stereocenters. The average molecular weight is 493 g/mol. The Morgan fingerprint density at radius 2 is 1.60 bits per heavy atom. The molecule has 35 heavy (non-hydrogen) atoms. The molecule has 0 radical (unpaired) electrons. The second-order valence-electron chi connectivity index (χ2n) is 8.68. The van der Waals surface area contributed by atoms with Gasteiger partial charge in [0.15, 0.2) is 0 Å². The SMILES string of the molecule is CC1=C(c2ccc(C(C)C)cc2)S(=O)(=O)N(Cc2ccc(C(=O)Nc3ccccc3F)cc2)C1=O. The molecule has 0 bridgehead atoms. The average Bonchev–Trinajstić information content (AvgIpc) is 3.00. The van der Waals surface area contributed by atoms with Crippen molar-refractivity contribution in [2.75, 3.05) is 5.32 Å². The summed E-state index contributed by atoms with van der Waals surface area (Å²) in [5, 5.41) is 2.50. The minimum atomic E-state index is -4.04. The molecular weight excluding hydrogens is 467 g/mol. The van der Waals surface area contributed by atoms with Crippen molar-refractivity contribution in [3.8, 4) is 0 Å². The van der Waals surface area contributed by atoms with Crippen molar-refractivity contribution >= 4 is 32.4 Å². The number of anilines is 1. The van der Waals surface area contributed by atoms with Crippen LogP contribution in [0, 0.1) is 5.82 Å². The van der Waals surface area contributed by atoms with Crippen molar-refractivity contribution in [1.29, 1.82) is 0 Å². The molecule has 0 unspecified atom stereocenters. The van der Waals surface area contributed by atoms with E-state index in [0.29, 0.717) is 17.0 Å². The minimum Gasteiger partial charge on any atom is -0.319 e. The number of carbonyl (C=O) groups excluding carboxylic acids is 2. The van der Waals surface area contributed by atoms with Gasteiger partial charge in [0, 0.05) is 11.1 Å². The Bertz CT molecular complexity index is 1430. The summed E-state index contributed by atoms with van der Waals surface area (Å²) >= 11 is 0. The molecule has 1 aliphatic rings. The zero-order valence-corrected chi connectivity index (χ0v) is 20.4. The number of hydrogen-bond donors (Lipinski definition) is 1. The monoisotopic (exact) mass is 492 g/mol. The van der Waals surface area contributed by atoms with Crippen LogP contribution in [0.3, 0.4) is 0 Å². The highest BCUT2D eigenvalue weighted by molar-refractivity contribution is 7.99. The van der Waals surface area contributed by atoms with Crippen molar-refractivity contribution in [1.82, 2.24) is 4.31 Å². The summed E-state index contributed by atoms with van der Waals surface area (Å²) in [7, 11) is -4.04. The summed E-state index contributed by atoms with van der Waals surface area (Å²) in [5.41, 5.74) is 2.59. The fourth-order valence-electron chi connectivity index (χ4n) is 3.92. The zero-order valence-electron chi connectivity index (χ0n) is 19.6. The van der Waals surface area contributed by atoms with Crippen LogP contribution in [-0.4, -0.2) is 24.5 Å². The third kappa shape index (κ3) is 4.74. The van der Waals surface area contributed by atoms with Crippen LogP contribution in [0.4, 0.5) is 10.1 Å². The first kappa shape index (κ1) is 24.3.